The van der Waals surface area contributed by atoms with Gasteiger partial charge in [0, 0.05) is 17.7 Å². The predicted octanol–water partition coefficient (Wildman–Crippen LogP) is 5.01. The van der Waals surface area contributed by atoms with Crippen molar-refractivity contribution in [1.29, 1.82) is 0 Å². The number of esters is 1. The van der Waals surface area contributed by atoms with Crippen LogP contribution in [0.25, 0.3) is 6.08 Å². The number of carbonyl (C=O) groups is 2. The number of Topliss-reactive ketones (excluding diaryl/α,β-unsaturated/α-hetero) is 1. The Balaban J connectivity index is 1.59. The first-order valence-corrected chi connectivity index (χ1v) is 14.7. The molecule has 3 fully saturated rings. The second kappa shape index (κ2) is 11.2. The molecule has 1 aliphatic carbocycles. The van der Waals surface area contributed by atoms with Gasteiger partial charge in [-0.05, 0) is 70.4 Å². The van der Waals surface area contributed by atoms with Crippen molar-refractivity contribution >= 4 is 29.2 Å². The molecule has 8 heteroatoms. The molecule has 0 aromatic carbocycles. The average molecular weight is 534 g/mol. The van der Waals surface area contributed by atoms with Gasteiger partial charge in [-0.1, -0.05) is 26.7 Å². The molecule has 1 aromatic heterocycles. The number of aliphatic hydroxyl groups is 2. The summed E-state index contributed by atoms with van der Waals surface area (Å²) in [6.45, 7) is 9.90. The van der Waals surface area contributed by atoms with Gasteiger partial charge in [0.1, 0.15) is 11.9 Å². The average Bonchev–Trinajstić information content (AvgIpc) is 3.24. The van der Waals surface area contributed by atoms with E-state index in [2.05, 4.69) is 11.9 Å². The summed E-state index contributed by atoms with van der Waals surface area (Å²) in [4.78, 5) is 31.4. The van der Waals surface area contributed by atoms with Gasteiger partial charge in [0.2, 0.25) is 0 Å². The van der Waals surface area contributed by atoms with Crippen molar-refractivity contribution in [2.75, 3.05) is 0 Å². The molecule has 3 heterocycles. The molecule has 7 atom stereocenters. The number of nitrogens with zero attached hydrogens (tertiary/aromatic N) is 1. The van der Waals surface area contributed by atoms with Gasteiger partial charge >= 0.3 is 5.97 Å². The molecule has 37 heavy (non-hydrogen) atoms. The molecule has 0 amide bonds. The molecule has 1 saturated carbocycles. The molecule has 4 rings (SSSR count). The monoisotopic (exact) mass is 533 g/mol. The molecule has 0 bridgehead atoms. The van der Waals surface area contributed by atoms with Gasteiger partial charge in [-0.15, -0.1) is 11.3 Å². The van der Waals surface area contributed by atoms with Crippen molar-refractivity contribution in [3.05, 3.63) is 21.7 Å². The quantitative estimate of drug-likeness (QED) is 0.415. The Kier molecular flexibility index (Phi) is 8.63. The lowest BCUT2D eigenvalue weighted by molar-refractivity contribution is -0.162. The van der Waals surface area contributed by atoms with E-state index in [1.165, 1.54) is 0 Å². The van der Waals surface area contributed by atoms with Crippen molar-refractivity contribution in [1.82, 2.24) is 4.98 Å². The smallest absolute Gasteiger partial charge is 0.309 e. The highest BCUT2D eigenvalue weighted by molar-refractivity contribution is 7.09. The maximum Gasteiger partial charge on any atom is 0.309 e. The lowest BCUT2D eigenvalue weighted by Crippen LogP contribution is -2.53. The zero-order valence-corrected chi connectivity index (χ0v) is 23.7. The SMILES string of the molecule is CC[C@H]1C(=O)C2(CCC2)[C@@H](O)CC(=O)O[C@H](C(C)=Cc2csc(C)n2)C[C@H]2O[C@@]2(C)CCC[C@H](C)[C@@H]1O. The third-order valence-corrected chi connectivity index (χ3v) is 9.89. The molecule has 3 aliphatic rings. The van der Waals surface area contributed by atoms with E-state index in [0.717, 1.165) is 42.0 Å². The van der Waals surface area contributed by atoms with Crippen molar-refractivity contribution in [2.24, 2.45) is 17.3 Å². The predicted molar refractivity (Wildman–Crippen MR) is 143 cm³/mol. The van der Waals surface area contributed by atoms with Crippen LogP contribution in [0.4, 0.5) is 0 Å². The van der Waals surface area contributed by atoms with Gasteiger partial charge in [-0.3, -0.25) is 9.59 Å². The highest BCUT2D eigenvalue weighted by Crippen LogP contribution is 2.49. The Hall–Kier alpha value is -1.61. The van der Waals surface area contributed by atoms with Gasteiger partial charge in [-0.25, -0.2) is 4.98 Å². The number of thiazole rings is 1. The van der Waals surface area contributed by atoms with Crippen LogP contribution in [-0.4, -0.2) is 57.0 Å². The van der Waals surface area contributed by atoms with Crippen LogP contribution in [0.1, 0.15) is 96.2 Å². The van der Waals surface area contributed by atoms with E-state index in [-0.39, 0.29) is 29.8 Å². The molecule has 7 nitrogen and oxygen atoms in total. The van der Waals surface area contributed by atoms with Crippen LogP contribution >= 0.6 is 11.3 Å². The Labute approximate surface area is 224 Å². The third-order valence-electron chi connectivity index (χ3n) is 9.10. The normalized spacial score (nSPS) is 37.5. The number of aromatic nitrogens is 1. The fraction of sp³-hybridized carbons (Fsp3) is 0.759. The van der Waals surface area contributed by atoms with Crippen LogP contribution in [0.15, 0.2) is 11.0 Å². The Morgan fingerprint density at radius 2 is 1.97 bits per heavy atom. The molecule has 0 radical (unpaired) electrons. The van der Waals surface area contributed by atoms with Gasteiger partial charge in [-0.2, -0.15) is 0 Å². The summed E-state index contributed by atoms with van der Waals surface area (Å²) in [5, 5.41) is 25.3. The van der Waals surface area contributed by atoms with Crippen LogP contribution in [-0.2, 0) is 19.1 Å². The number of ketones is 1. The zero-order valence-electron chi connectivity index (χ0n) is 22.9. The van der Waals surface area contributed by atoms with E-state index in [1.807, 2.05) is 39.2 Å². The molecule has 2 saturated heterocycles. The number of fused-ring (bicyclic) bond motifs is 1. The molecule has 1 spiro atoms. The van der Waals surface area contributed by atoms with Gasteiger partial charge < -0.3 is 19.7 Å². The van der Waals surface area contributed by atoms with E-state index >= 15 is 0 Å². The second-order valence-electron chi connectivity index (χ2n) is 11.8. The minimum absolute atomic E-state index is 0.0354. The first-order valence-electron chi connectivity index (χ1n) is 13.9. The van der Waals surface area contributed by atoms with E-state index in [9.17, 15) is 19.8 Å². The summed E-state index contributed by atoms with van der Waals surface area (Å²) in [5.41, 5.74) is 0.442. The van der Waals surface area contributed by atoms with Crippen LogP contribution in [0.5, 0.6) is 0 Å². The number of aryl methyl sites for hydroxylation is 1. The number of aliphatic hydroxyl groups excluding tert-OH is 2. The fourth-order valence-corrected chi connectivity index (χ4v) is 6.83. The topological polar surface area (TPSA) is 109 Å². The number of rotatable bonds is 3. The van der Waals surface area contributed by atoms with Crippen molar-refractivity contribution in [3.8, 4) is 0 Å². The Morgan fingerprint density at radius 3 is 2.57 bits per heavy atom. The van der Waals surface area contributed by atoms with Gasteiger partial charge in [0.25, 0.3) is 0 Å². The second-order valence-corrected chi connectivity index (χ2v) is 12.8. The van der Waals surface area contributed by atoms with E-state index < -0.39 is 35.6 Å². The number of epoxide rings is 1. The molecular weight excluding hydrogens is 490 g/mol. The van der Waals surface area contributed by atoms with E-state index in [4.69, 9.17) is 9.47 Å². The number of hydrogen-bond acceptors (Lipinski definition) is 8. The number of cyclic esters (lactones) is 1. The molecule has 1 aromatic rings. The molecule has 206 valence electrons. The van der Waals surface area contributed by atoms with Crippen molar-refractivity contribution in [2.45, 2.75) is 122 Å². The Morgan fingerprint density at radius 1 is 1.24 bits per heavy atom. The molecule has 2 N–H and O–H groups in total. The largest absolute Gasteiger partial charge is 0.458 e. The highest BCUT2D eigenvalue weighted by Gasteiger charge is 2.55. The summed E-state index contributed by atoms with van der Waals surface area (Å²) in [6, 6.07) is 0. The lowest BCUT2D eigenvalue weighted by Gasteiger charge is -2.46. The van der Waals surface area contributed by atoms with Crippen LogP contribution in [0.2, 0.25) is 0 Å². The Bertz CT molecular complexity index is 1020. The standard InChI is InChI=1S/C29H43NO6S/c1-6-21-26(33)17(2)9-7-10-28(5)24(36-28)14-22(18(3)13-20-16-37-19(4)30-20)35-25(32)15-23(31)29(27(21)34)11-8-12-29/h13,16-17,21-24,26,31,33H,6-12,14-15H2,1-5H3/t17-,21+,22-,23-,24+,26-,28-/m0/s1. The minimum Gasteiger partial charge on any atom is -0.458 e. The zero-order chi connectivity index (χ0) is 27.0. The van der Waals surface area contributed by atoms with Crippen LogP contribution in [0.3, 0.4) is 0 Å². The van der Waals surface area contributed by atoms with E-state index in [0.29, 0.717) is 25.7 Å². The molecule has 2 aliphatic heterocycles. The van der Waals surface area contributed by atoms with Crippen molar-refractivity contribution < 1.29 is 29.3 Å². The minimum atomic E-state index is -1.13. The summed E-state index contributed by atoms with van der Waals surface area (Å²) >= 11 is 1.57. The first-order chi connectivity index (χ1) is 17.5. The summed E-state index contributed by atoms with van der Waals surface area (Å²) in [7, 11) is 0. The van der Waals surface area contributed by atoms with Crippen LogP contribution in [0, 0.1) is 24.2 Å². The number of hydrogen-bond donors (Lipinski definition) is 2. The number of carbonyl (C=O) groups excluding carboxylic acids is 2. The summed E-state index contributed by atoms with van der Waals surface area (Å²) in [5.74, 6) is -1.21. The first kappa shape index (κ1) is 28.4. The molecular formula is C29H43NO6S. The highest BCUT2D eigenvalue weighted by atomic mass is 32.1. The third kappa shape index (κ3) is 6.02. The molecule has 0 unspecified atom stereocenters. The van der Waals surface area contributed by atoms with Gasteiger partial charge in [0.05, 0.1) is 46.5 Å². The maximum absolute atomic E-state index is 13.7. The van der Waals surface area contributed by atoms with Crippen LogP contribution < -0.4 is 0 Å². The lowest BCUT2D eigenvalue weighted by atomic mass is 9.58. The summed E-state index contributed by atoms with van der Waals surface area (Å²) < 4.78 is 12.1. The van der Waals surface area contributed by atoms with E-state index in [1.54, 1.807) is 11.3 Å². The van der Waals surface area contributed by atoms with Crippen molar-refractivity contribution in [3.63, 3.8) is 0 Å². The maximum atomic E-state index is 13.7. The van der Waals surface area contributed by atoms with Gasteiger partial charge in [0.15, 0.2) is 0 Å². The summed E-state index contributed by atoms with van der Waals surface area (Å²) in [6.07, 6.45) is 4.74. The fourth-order valence-electron chi connectivity index (χ4n) is 6.26. The number of ether oxygens (including phenoxy) is 2.